The predicted molar refractivity (Wildman–Crippen MR) is 43.7 cm³/mol. The molecule has 1 rings (SSSR count). The summed E-state index contributed by atoms with van der Waals surface area (Å²) in [6.07, 6.45) is 0. The summed E-state index contributed by atoms with van der Waals surface area (Å²) in [5.74, 6) is 0.611. The molecule has 3 nitrogen and oxygen atoms in total. The van der Waals surface area contributed by atoms with Crippen LogP contribution in [-0.4, -0.2) is 14.2 Å². The topological polar surface area (TPSA) is 41.5 Å². The zero-order valence-corrected chi connectivity index (χ0v) is 10.4. The second-order valence-electron chi connectivity index (χ2n) is 2.50. The molecule has 66 valence electrons. The van der Waals surface area contributed by atoms with Gasteiger partial charge in [0.05, 0.1) is 14.2 Å². The average molecular weight is 190 g/mol. The van der Waals surface area contributed by atoms with Gasteiger partial charge in [-0.2, -0.15) is 0 Å². The van der Waals surface area contributed by atoms with E-state index in [4.69, 9.17) is 9.47 Å². The second-order valence-corrected chi connectivity index (χ2v) is 2.50. The Bertz CT molecular complexity index is 286. The molecule has 0 spiro atoms. The van der Waals surface area contributed by atoms with Crippen LogP contribution in [0.25, 0.3) is 0 Å². The molecule has 1 aromatic carbocycles. The maximum atomic E-state index is 11.2. The zero-order chi connectivity index (χ0) is 9.14. The van der Waals surface area contributed by atoms with E-state index >= 15 is 0 Å². The third-order valence-corrected chi connectivity index (χ3v) is 1.59. The maximum absolute atomic E-state index is 11.2. The minimum absolute atomic E-state index is 0. The number of aryl methyl sites for hydroxylation is 1. The van der Waals surface area contributed by atoms with Gasteiger partial charge >= 0.3 is 29.6 Å². The predicted octanol–water partition coefficient (Wildman–Crippen LogP) is -1.91. The molecule has 0 amide bonds. The van der Waals surface area contributed by atoms with Gasteiger partial charge < -0.3 is 14.6 Å². The van der Waals surface area contributed by atoms with E-state index in [1.165, 1.54) is 20.3 Å². The summed E-state index contributed by atoms with van der Waals surface area (Å²) in [6, 6.07) is 3.28. The van der Waals surface area contributed by atoms with Crippen LogP contribution in [0.2, 0.25) is 0 Å². The van der Waals surface area contributed by atoms with Crippen molar-refractivity contribution in [3.63, 3.8) is 0 Å². The quantitative estimate of drug-likeness (QED) is 0.511. The van der Waals surface area contributed by atoms with Crippen molar-refractivity contribution in [2.45, 2.75) is 6.92 Å². The van der Waals surface area contributed by atoms with Crippen LogP contribution in [0.5, 0.6) is 17.2 Å². The van der Waals surface area contributed by atoms with E-state index in [-0.39, 0.29) is 41.1 Å². The molecule has 1 aromatic rings. The summed E-state index contributed by atoms with van der Waals surface area (Å²) in [4.78, 5) is 0. The van der Waals surface area contributed by atoms with Crippen molar-refractivity contribution in [1.29, 1.82) is 0 Å². The summed E-state index contributed by atoms with van der Waals surface area (Å²) in [5.41, 5.74) is 0.873. The molecular formula is C9H11NaO3. The Balaban J connectivity index is 0.00000144. The number of hydrogen-bond acceptors (Lipinski definition) is 3. The number of benzene rings is 1. The zero-order valence-electron chi connectivity index (χ0n) is 8.38. The van der Waals surface area contributed by atoms with Gasteiger partial charge in [0.2, 0.25) is 0 Å². The first-order valence-electron chi connectivity index (χ1n) is 3.58. The molecule has 0 heterocycles. The maximum Gasteiger partial charge on any atom is 1.00 e. The Morgan fingerprint density at radius 2 is 1.77 bits per heavy atom. The fourth-order valence-corrected chi connectivity index (χ4v) is 1.06. The van der Waals surface area contributed by atoms with Gasteiger partial charge in [0.1, 0.15) is 0 Å². The van der Waals surface area contributed by atoms with E-state index < -0.39 is 0 Å². The van der Waals surface area contributed by atoms with Crippen molar-refractivity contribution in [2.24, 2.45) is 0 Å². The largest absolute Gasteiger partial charge is 1.00 e. The Morgan fingerprint density at radius 1 is 1.15 bits per heavy atom. The molecule has 0 atom stereocenters. The molecule has 0 saturated carbocycles. The molecule has 0 aliphatic rings. The third-order valence-electron chi connectivity index (χ3n) is 1.59. The van der Waals surface area contributed by atoms with Crippen LogP contribution in [0.1, 0.15) is 5.56 Å². The van der Waals surface area contributed by atoms with Crippen molar-refractivity contribution in [3.8, 4) is 17.2 Å². The summed E-state index contributed by atoms with van der Waals surface area (Å²) in [7, 11) is 2.96. The number of hydrogen-bond donors (Lipinski definition) is 0. The van der Waals surface area contributed by atoms with Crippen LogP contribution >= 0.6 is 0 Å². The average Bonchev–Trinajstić information content (AvgIpc) is 2.03. The van der Waals surface area contributed by atoms with Crippen LogP contribution in [0.3, 0.4) is 0 Å². The normalized spacial score (nSPS) is 8.85. The molecule has 0 saturated heterocycles. The van der Waals surface area contributed by atoms with Crippen molar-refractivity contribution in [3.05, 3.63) is 17.7 Å². The van der Waals surface area contributed by atoms with Gasteiger partial charge in [-0.1, -0.05) is 11.8 Å². The van der Waals surface area contributed by atoms with Crippen LogP contribution < -0.4 is 44.1 Å². The van der Waals surface area contributed by atoms with Crippen molar-refractivity contribution in [1.82, 2.24) is 0 Å². The van der Waals surface area contributed by atoms with Gasteiger partial charge in [0.15, 0.2) is 11.5 Å². The number of ether oxygens (including phenoxy) is 2. The van der Waals surface area contributed by atoms with Crippen molar-refractivity contribution >= 4 is 0 Å². The minimum atomic E-state index is -0.144. The first kappa shape index (κ1) is 12.6. The van der Waals surface area contributed by atoms with E-state index in [1.807, 2.05) is 6.92 Å². The first-order valence-corrected chi connectivity index (χ1v) is 3.58. The van der Waals surface area contributed by atoms with Crippen LogP contribution in [0.4, 0.5) is 0 Å². The SMILES string of the molecule is COc1cc(C)cc([O-])c1OC.[Na+]. The Morgan fingerprint density at radius 3 is 2.23 bits per heavy atom. The Hall–Kier alpha value is -0.380. The van der Waals surface area contributed by atoms with E-state index in [2.05, 4.69) is 0 Å². The monoisotopic (exact) mass is 190 g/mol. The molecule has 0 unspecified atom stereocenters. The summed E-state index contributed by atoms with van der Waals surface area (Å²) in [6.45, 7) is 1.84. The molecular weight excluding hydrogens is 179 g/mol. The van der Waals surface area contributed by atoms with Gasteiger partial charge in [-0.15, -0.1) is 0 Å². The summed E-state index contributed by atoms with van der Waals surface area (Å²) in [5, 5.41) is 11.2. The van der Waals surface area contributed by atoms with Crippen LogP contribution in [0.15, 0.2) is 12.1 Å². The Labute approximate surface area is 100.0 Å². The van der Waals surface area contributed by atoms with E-state index in [0.29, 0.717) is 5.75 Å². The molecule has 0 radical (unpaired) electrons. The number of rotatable bonds is 2. The molecule has 13 heavy (non-hydrogen) atoms. The van der Waals surface area contributed by atoms with E-state index in [0.717, 1.165) is 5.56 Å². The molecule has 0 aliphatic heterocycles. The second kappa shape index (κ2) is 5.37. The number of methoxy groups -OCH3 is 2. The smallest absolute Gasteiger partial charge is 0.870 e. The molecule has 0 bridgehead atoms. The molecule has 0 N–H and O–H groups in total. The minimum Gasteiger partial charge on any atom is -0.870 e. The van der Waals surface area contributed by atoms with Crippen molar-refractivity contribution in [2.75, 3.05) is 14.2 Å². The third kappa shape index (κ3) is 2.79. The molecule has 4 heteroatoms. The summed E-state index contributed by atoms with van der Waals surface area (Å²) < 4.78 is 9.86. The molecule has 0 aliphatic carbocycles. The van der Waals surface area contributed by atoms with Gasteiger partial charge in [-0.25, -0.2) is 0 Å². The molecule has 0 fully saturated rings. The van der Waals surface area contributed by atoms with E-state index in [1.54, 1.807) is 6.07 Å². The molecule has 0 aromatic heterocycles. The van der Waals surface area contributed by atoms with Gasteiger partial charge in [-0.3, -0.25) is 0 Å². The van der Waals surface area contributed by atoms with Gasteiger partial charge in [-0.05, 0) is 18.6 Å². The van der Waals surface area contributed by atoms with Gasteiger partial charge in [0, 0.05) is 0 Å². The van der Waals surface area contributed by atoms with Gasteiger partial charge in [0.25, 0.3) is 0 Å². The van der Waals surface area contributed by atoms with Crippen molar-refractivity contribution < 1.29 is 44.1 Å². The first-order chi connectivity index (χ1) is 5.69. The van der Waals surface area contributed by atoms with E-state index in [9.17, 15) is 5.11 Å². The van der Waals surface area contributed by atoms with Crippen LogP contribution in [0, 0.1) is 6.92 Å². The fourth-order valence-electron chi connectivity index (χ4n) is 1.06. The Kier molecular flexibility index (Phi) is 5.21. The van der Waals surface area contributed by atoms with Crippen LogP contribution in [-0.2, 0) is 0 Å². The fraction of sp³-hybridized carbons (Fsp3) is 0.333. The standard InChI is InChI=1S/C9H12O3.Na/c1-6-4-7(10)9(12-3)8(5-6)11-2;/h4-5,10H,1-3H3;/q;+1/p-1. The summed E-state index contributed by atoms with van der Waals surface area (Å²) >= 11 is 0.